The fourth-order valence-corrected chi connectivity index (χ4v) is 5.45. The van der Waals surface area contributed by atoms with Gasteiger partial charge in [0.25, 0.3) is 0 Å². The number of piperazine rings is 1. The van der Waals surface area contributed by atoms with Crippen molar-refractivity contribution in [1.29, 1.82) is 0 Å². The van der Waals surface area contributed by atoms with Crippen LogP contribution in [0.4, 0.5) is 17.3 Å². The van der Waals surface area contributed by atoms with Crippen molar-refractivity contribution >= 4 is 39.9 Å². The Balaban J connectivity index is 1.16. The number of carbonyl (C=O) groups excluding carboxylic acids is 1. The molecule has 0 aliphatic carbocycles. The van der Waals surface area contributed by atoms with E-state index in [-0.39, 0.29) is 11.9 Å². The molecule has 11 nitrogen and oxygen atoms in total. The van der Waals surface area contributed by atoms with Gasteiger partial charge in [0.1, 0.15) is 24.0 Å². The molecule has 1 aliphatic heterocycles. The zero-order valence-electron chi connectivity index (χ0n) is 25.0. The summed E-state index contributed by atoms with van der Waals surface area (Å²) in [7, 11) is 3.97. The number of aryl methyl sites for hydroxylation is 1. The van der Waals surface area contributed by atoms with Crippen molar-refractivity contribution in [2.24, 2.45) is 0 Å². The zero-order valence-corrected chi connectivity index (χ0v) is 25.0. The molecule has 1 saturated heterocycles. The molecule has 4 aromatic heterocycles. The molecule has 0 saturated carbocycles. The second-order valence-corrected chi connectivity index (χ2v) is 11.3. The fraction of sp³-hybridized carbons (Fsp3) is 0.312. The first-order valence-electron chi connectivity index (χ1n) is 14.5. The first-order valence-corrected chi connectivity index (χ1v) is 14.5. The van der Waals surface area contributed by atoms with Crippen LogP contribution in [0.2, 0.25) is 0 Å². The Hall–Kier alpha value is -4.90. The second kappa shape index (κ2) is 12.1. The highest BCUT2D eigenvalue weighted by Crippen LogP contribution is 2.27. The van der Waals surface area contributed by atoms with E-state index in [1.807, 2.05) is 48.3 Å². The van der Waals surface area contributed by atoms with Gasteiger partial charge in [0.05, 0.1) is 5.52 Å². The normalized spacial score (nSPS) is 15.7. The highest BCUT2D eigenvalue weighted by Gasteiger charge is 2.27. The summed E-state index contributed by atoms with van der Waals surface area (Å²) in [4.78, 5) is 37.2. The Morgan fingerprint density at radius 2 is 1.95 bits per heavy atom. The SMILES string of the molecule is Cc1cc(Nc2ncnc3ccc(N4CCN(C(=O)/C=C/CN(C)C)[C@H](C)C4)nc23)ccc1Cc1ccn2ncnc2c1. The van der Waals surface area contributed by atoms with Crippen LogP contribution in [0.1, 0.15) is 23.6 Å². The van der Waals surface area contributed by atoms with Gasteiger partial charge < -0.3 is 20.0 Å². The third-order valence-electron chi connectivity index (χ3n) is 7.78. The monoisotopic (exact) mass is 576 g/mol. The van der Waals surface area contributed by atoms with E-state index in [1.54, 1.807) is 23.2 Å². The summed E-state index contributed by atoms with van der Waals surface area (Å²) < 4.78 is 1.77. The predicted octanol–water partition coefficient (Wildman–Crippen LogP) is 3.87. The number of anilines is 3. The standard InChI is InChI=1S/C32H36N10O/c1-22-16-26(8-7-25(22)17-24-11-13-42-29(18-24)34-21-36-42)37-32-31-27(33-20-35-32)9-10-28(38-31)40-14-15-41(23(2)19-40)30(43)6-5-12-39(3)4/h5-11,13,16,18,20-21,23H,12,14-15,17,19H2,1-4H3,(H,33,35,37)/b6-5+/t23-/m1/s1. The summed E-state index contributed by atoms with van der Waals surface area (Å²) >= 11 is 0. The lowest BCUT2D eigenvalue weighted by molar-refractivity contribution is -0.128. The van der Waals surface area contributed by atoms with Crippen molar-refractivity contribution in [3.8, 4) is 0 Å². The third-order valence-corrected chi connectivity index (χ3v) is 7.78. The van der Waals surface area contributed by atoms with E-state index in [0.717, 1.165) is 35.6 Å². The Labute approximate surface area is 250 Å². The highest BCUT2D eigenvalue weighted by atomic mass is 16.2. The maximum Gasteiger partial charge on any atom is 0.246 e. The first kappa shape index (κ1) is 28.2. The van der Waals surface area contributed by atoms with Crippen LogP contribution in [0.5, 0.6) is 0 Å². The largest absolute Gasteiger partial charge is 0.353 e. The number of nitrogens with one attached hydrogen (secondary N) is 1. The zero-order chi connectivity index (χ0) is 29.9. The molecule has 5 heterocycles. The number of hydrogen-bond acceptors (Lipinski definition) is 9. The minimum Gasteiger partial charge on any atom is -0.353 e. The number of hydrogen-bond donors (Lipinski definition) is 1. The molecule has 0 bridgehead atoms. The highest BCUT2D eigenvalue weighted by molar-refractivity contribution is 5.89. The first-order chi connectivity index (χ1) is 20.8. The minimum absolute atomic E-state index is 0.0538. The molecule has 1 fully saturated rings. The Morgan fingerprint density at radius 1 is 1.07 bits per heavy atom. The van der Waals surface area contributed by atoms with Crippen molar-refractivity contribution in [1.82, 2.24) is 39.3 Å². The van der Waals surface area contributed by atoms with E-state index >= 15 is 0 Å². The van der Waals surface area contributed by atoms with Gasteiger partial charge in [-0.3, -0.25) is 4.79 Å². The molecule has 0 radical (unpaired) electrons. The van der Waals surface area contributed by atoms with Gasteiger partial charge in [0.2, 0.25) is 5.91 Å². The Morgan fingerprint density at radius 3 is 2.77 bits per heavy atom. The van der Waals surface area contributed by atoms with Crippen LogP contribution in [0, 0.1) is 6.92 Å². The molecule has 1 N–H and O–H groups in total. The molecule has 1 aliphatic rings. The van der Waals surface area contributed by atoms with Crippen LogP contribution in [0.15, 0.2) is 73.5 Å². The summed E-state index contributed by atoms with van der Waals surface area (Å²) in [6.07, 6.45) is 9.47. The number of rotatable bonds is 8. The van der Waals surface area contributed by atoms with Gasteiger partial charge in [0, 0.05) is 50.2 Å². The fourth-order valence-electron chi connectivity index (χ4n) is 5.45. The lowest BCUT2D eigenvalue weighted by atomic mass is 10.0. The minimum atomic E-state index is 0.0538. The van der Waals surface area contributed by atoms with Gasteiger partial charge in [-0.1, -0.05) is 12.1 Å². The van der Waals surface area contributed by atoms with E-state index in [9.17, 15) is 4.79 Å². The van der Waals surface area contributed by atoms with Gasteiger partial charge in [-0.25, -0.2) is 24.5 Å². The summed E-state index contributed by atoms with van der Waals surface area (Å²) in [6, 6.07) is 14.5. The number of pyridine rings is 2. The smallest absolute Gasteiger partial charge is 0.246 e. The number of benzene rings is 1. The van der Waals surface area contributed by atoms with Crippen LogP contribution in [0.3, 0.4) is 0 Å². The lowest BCUT2D eigenvalue weighted by Gasteiger charge is -2.40. The summed E-state index contributed by atoms with van der Waals surface area (Å²) in [6.45, 7) is 6.99. The molecule has 43 heavy (non-hydrogen) atoms. The number of aromatic nitrogens is 6. The van der Waals surface area contributed by atoms with E-state index in [0.29, 0.717) is 31.0 Å². The molecule has 1 amide bonds. The molecule has 11 heteroatoms. The Bertz CT molecular complexity index is 1800. The number of fused-ring (bicyclic) bond motifs is 2. The molecule has 220 valence electrons. The van der Waals surface area contributed by atoms with Crippen molar-refractivity contribution in [3.05, 3.63) is 90.2 Å². The summed E-state index contributed by atoms with van der Waals surface area (Å²) in [5, 5.41) is 7.65. The van der Waals surface area contributed by atoms with Crippen molar-refractivity contribution in [2.45, 2.75) is 26.3 Å². The van der Waals surface area contributed by atoms with E-state index < -0.39 is 0 Å². The molecular weight excluding hydrogens is 540 g/mol. The summed E-state index contributed by atoms with van der Waals surface area (Å²) in [5.74, 6) is 1.56. The number of nitrogens with zero attached hydrogens (tertiary/aromatic N) is 9. The third kappa shape index (κ3) is 6.31. The van der Waals surface area contributed by atoms with E-state index in [4.69, 9.17) is 4.98 Å². The van der Waals surface area contributed by atoms with Crippen LogP contribution in [-0.4, -0.2) is 91.6 Å². The van der Waals surface area contributed by atoms with Crippen molar-refractivity contribution < 1.29 is 4.79 Å². The average Bonchev–Trinajstić information content (AvgIpc) is 3.46. The molecule has 1 atom stereocenters. The van der Waals surface area contributed by atoms with Gasteiger partial charge in [-0.05, 0) is 87.5 Å². The molecule has 6 rings (SSSR count). The summed E-state index contributed by atoms with van der Waals surface area (Å²) in [5.41, 5.74) is 6.85. The van der Waals surface area contributed by atoms with Crippen molar-refractivity contribution in [2.75, 3.05) is 50.5 Å². The van der Waals surface area contributed by atoms with Crippen LogP contribution < -0.4 is 10.2 Å². The topological polar surface area (TPSA) is 108 Å². The number of likely N-dealkylation sites (N-methyl/N-ethyl adjacent to an activating group) is 1. The van der Waals surface area contributed by atoms with Crippen LogP contribution in [-0.2, 0) is 11.2 Å². The molecule has 5 aromatic rings. The van der Waals surface area contributed by atoms with Gasteiger partial charge >= 0.3 is 0 Å². The quantitative estimate of drug-likeness (QED) is 0.276. The van der Waals surface area contributed by atoms with Crippen LogP contribution in [0.25, 0.3) is 16.7 Å². The second-order valence-electron chi connectivity index (χ2n) is 11.3. The average molecular weight is 577 g/mol. The molecule has 1 aromatic carbocycles. The molecule has 0 spiro atoms. The van der Waals surface area contributed by atoms with E-state index in [1.165, 1.54) is 16.7 Å². The Kier molecular flexibility index (Phi) is 7.97. The maximum atomic E-state index is 12.8. The van der Waals surface area contributed by atoms with Gasteiger partial charge in [0.15, 0.2) is 11.5 Å². The van der Waals surface area contributed by atoms with Gasteiger partial charge in [-0.15, -0.1) is 0 Å². The molecule has 0 unspecified atom stereocenters. The van der Waals surface area contributed by atoms with Gasteiger partial charge in [-0.2, -0.15) is 5.10 Å². The predicted molar refractivity (Wildman–Crippen MR) is 169 cm³/mol. The maximum absolute atomic E-state index is 12.8. The molecular formula is C32H36N10O. The van der Waals surface area contributed by atoms with Crippen molar-refractivity contribution in [3.63, 3.8) is 0 Å². The van der Waals surface area contributed by atoms with Crippen LogP contribution >= 0.6 is 0 Å². The number of carbonyl (C=O) groups is 1. The lowest BCUT2D eigenvalue weighted by Crippen LogP contribution is -2.54. The van der Waals surface area contributed by atoms with E-state index in [2.05, 4.69) is 74.4 Å². The number of amides is 1.